The molecule has 5 nitrogen and oxygen atoms in total. The van der Waals surface area contributed by atoms with Crippen LogP contribution < -0.4 is 10.5 Å². The Labute approximate surface area is 110 Å². The van der Waals surface area contributed by atoms with Crippen LogP contribution in [-0.2, 0) is 14.8 Å². The van der Waals surface area contributed by atoms with Crippen LogP contribution in [0.4, 0.5) is 5.69 Å². The Balaban J connectivity index is 0.00000196. The molecule has 1 radical (unpaired) electrons. The van der Waals surface area contributed by atoms with Crippen molar-refractivity contribution >= 4 is 51.2 Å². The number of carbonyl (C=O) groups excluding carboxylic acids is 1. The summed E-state index contributed by atoms with van der Waals surface area (Å²) in [6, 6.07) is 5.61. The fraction of sp³-hybridized carbons (Fsp3) is 0.125. The topological polar surface area (TPSA) is 89.3 Å². The number of hydrogen-bond donors (Lipinski definition) is 2. The molecule has 0 atom stereocenters. The molecule has 0 fully saturated rings. The first-order valence-electron chi connectivity index (χ1n) is 3.80. The van der Waals surface area contributed by atoms with Crippen molar-refractivity contribution in [1.82, 2.24) is 0 Å². The van der Waals surface area contributed by atoms with E-state index in [9.17, 15) is 13.2 Å². The molecule has 77 valence electrons. The molecule has 0 spiro atoms. The van der Waals surface area contributed by atoms with Crippen molar-refractivity contribution in [3.63, 3.8) is 0 Å². The Kier molecular flexibility index (Phi) is 5.47. The number of nitrogens with two attached hydrogens (primary N) is 1. The average Bonchev–Trinajstić information content (AvgIpc) is 2.02. The number of nitrogens with one attached hydrogen (secondary N) is 1. The van der Waals surface area contributed by atoms with E-state index in [4.69, 9.17) is 5.14 Å². The summed E-state index contributed by atoms with van der Waals surface area (Å²) in [5.74, 6) is -0.214. The van der Waals surface area contributed by atoms with E-state index in [2.05, 4.69) is 5.32 Å². The summed E-state index contributed by atoms with van der Waals surface area (Å²) in [5, 5.41) is 7.40. The number of benzene rings is 1. The van der Waals surface area contributed by atoms with Gasteiger partial charge in [0.15, 0.2) is 0 Å². The van der Waals surface area contributed by atoms with Crippen molar-refractivity contribution < 1.29 is 13.2 Å². The van der Waals surface area contributed by atoms with Gasteiger partial charge in [-0.3, -0.25) is 4.79 Å². The second kappa shape index (κ2) is 5.62. The molecule has 15 heavy (non-hydrogen) atoms. The zero-order chi connectivity index (χ0) is 10.8. The van der Waals surface area contributed by atoms with Gasteiger partial charge in [-0.15, -0.1) is 0 Å². The third kappa shape index (κ3) is 4.76. The average molecular weight is 237 g/mol. The first-order valence-corrected chi connectivity index (χ1v) is 5.34. The molecular formula is C8H10N2NaO3S. The van der Waals surface area contributed by atoms with Crippen molar-refractivity contribution in [2.75, 3.05) is 5.32 Å². The van der Waals surface area contributed by atoms with Gasteiger partial charge in [0.25, 0.3) is 0 Å². The molecule has 7 heteroatoms. The fourth-order valence-electron chi connectivity index (χ4n) is 0.931. The molecule has 0 unspecified atom stereocenters. The van der Waals surface area contributed by atoms with Crippen molar-refractivity contribution in [3.05, 3.63) is 24.3 Å². The summed E-state index contributed by atoms with van der Waals surface area (Å²) in [6.45, 7) is 1.37. The summed E-state index contributed by atoms with van der Waals surface area (Å²) in [5.41, 5.74) is 0.532. The maximum Gasteiger partial charge on any atom is 0.238 e. The molecule has 0 aliphatic heterocycles. The van der Waals surface area contributed by atoms with Gasteiger partial charge in [0.1, 0.15) is 0 Å². The maximum atomic E-state index is 10.9. The van der Waals surface area contributed by atoms with Gasteiger partial charge in [0.2, 0.25) is 15.9 Å². The number of rotatable bonds is 2. The summed E-state index contributed by atoms with van der Waals surface area (Å²) in [7, 11) is -3.66. The standard InChI is InChI=1S/C8H10N2O3S.Na/c1-6(11)10-7-2-4-8(5-3-7)14(9,12)13;/h2-5H,1H3,(H,10,11)(H2,9,12,13);. The minimum absolute atomic E-state index is 0. The molecule has 1 rings (SSSR count). The van der Waals surface area contributed by atoms with E-state index in [-0.39, 0.29) is 40.4 Å². The molecule has 0 aromatic heterocycles. The Morgan fingerprint density at radius 3 is 2.07 bits per heavy atom. The maximum absolute atomic E-state index is 10.9. The monoisotopic (exact) mass is 237 g/mol. The Morgan fingerprint density at radius 1 is 1.27 bits per heavy atom. The second-order valence-electron chi connectivity index (χ2n) is 2.75. The Morgan fingerprint density at radius 2 is 1.73 bits per heavy atom. The van der Waals surface area contributed by atoms with E-state index in [0.29, 0.717) is 5.69 Å². The van der Waals surface area contributed by atoms with Crippen LogP contribution >= 0.6 is 0 Å². The third-order valence-corrected chi connectivity index (χ3v) is 2.43. The van der Waals surface area contributed by atoms with Gasteiger partial charge in [-0.2, -0.15) is 0 Å². The zero-order valence-electron chi connectivity index (χ0n) is 8.52. The minimum atomic E-state index is -3.66. The van der Waals surface area contributed by atoms with Gasteiger partial charge in [-0.05, 0) is 24.3 Å². The van der Waals surface area contributed by atoms with E-state index in [0.717, 1.165) is 0 Å². The van der Waals surface area contributed by atoms with E-state index in [1.165, 1.54) is 31.2 Å². The number of primary sulfonamides is 1. The zero-order valence-corrected chi connectivity index (χ0v) is 11.3. The SMILES string of the molecule is CC(=O)Nc1ccc(S(N)(=O)=O)cc1.[Na]. The molecule has 0 heterocycles. The van der Waals surface area contributed by atoms with Crippen molar-refractivity contribution in [2.24, 2.45) is 5.14 Å². The van der Waals surface area contributed by atoms with Crippen molar-refractivity contribution in [1.29, 1.82) is 0 Å². The quantitative estimate of drug-likeness (QED) is 0.704. The Bertz CT molecular complexity index is 441. The molecule has 1 aromatic rings. The molecule has 0 aliphatic rings. The van der Waals surface area contributed by atoms with Gasteiger partial charge in [-0.25, -0.2) is 13.6 Å². The Hall–Kier alpha value is -0.400. The number of anilines is 1. The minimum Gasteiger partial charge on any atom is -0.326 e. The fourth-order valence-corrected chi connectivity index (χ4v) is 1.45. The van der Waals surface area contributed by atoms with E-state index >= 15 is 0 Å². The molecule has 1 amide bonds. The molecule has 0 saturated heterocycles. The number of carbonyl (C=O) groups is 1. The van der Waals surface area contributed by atoms with Crippen LogP contribution in [0, 0.1) is 0 Å². The molecular weight excluding hydrogens is 227 g/mol. The largest absolute Gasteiger partial charge is 0.326 e. The summed E-state index contributed by atoms with van der Waals surface area (Å²) >= 11 is 0. The summed E-state index contributed by atoms with van der Waals surface area (Å²) in [6.07, 6.45) is 0. The molecule has 1 aromatic carbocycles. The van der Waals surface area contributed by atoms with E-state index in [1.54, 1.807) is 0 Å². The number of hydrogen-bond acceptors (Lipinski definition) is 3. The van der Waals surface area contributed by atoms with Crippen LogP contribution in [0.5, 0.6) is 0 Å². The predicted octanol–water partition coefficient (Wildman–Crippen LogP) is -0.0884. The van der Waals surface area contributed by atoms with Crippen molar-refractivity contribution in [2.45, 2.75) is 11.8 Å². The molecule has 0 bridgehead atoms. The third-order valence-electron chi connectivity index (χ3n) is 1.50. The van der Waals surface area contributed by atoms with Gasteiger partial charge in [0, 0.05) is 42.2 Å². The molecule has 0 aliphatic carbocycles. The first-order chi connectivity index (χ1) is 6.39. The molecule has 0 saturated carbocycles. The normalized spacial score (nSPS) is 10.3. The van der Waals surface area contributed by atoms with Crippen LogP contribution in [0.1, 0.15) is 6.92 Å². The first kappa shape index (κ1) is 14.6. The van der Waals surface area contributed by atoms with Gasteiger partial charge in [0.05, 0.1) is 4.90 Å². The van der Waals surface area contributed by atoms with Gasteiger partial charge >= 0.3 is 0 Å². The van der Waals surface area contributed by atoms with E-state index < -0.39 is 10.0 Å². The molecule has 3 N–H and O–H groups in total. The predicted molar refractivity (Wildman–Crippen MR) is 57.9 cm³/mol. The van der Waals surface area contributed by atoms with Crippen LogP contribution in [0.25, 0.3) is 0 Å². The number of sulfonamides is 1. The number of amides is 1. The van der Waals surface area contributed by atoms with Gasteiger partial charge < -0.3 is 5.32 Å². The van der Waals surface area contributed by atoms with Crippen LogP contribution in [0.2, 0.25) is 0 Å². The van der Waals surface area contributed by atoms with Crippen LogP contribution in [-0.4, -0.2) is 43.9 Å². The summed E-state index contributed by atoms with van der Waals surface area (Å²) in [4.78, 5) is 10.7. The smallest absolute Gasteiger partial charge is 0.238 e. The van der Waals surface area contributed by atoms with Gasteiger partial charge in [-0.1, -0.05) is 0 Å². The second-order valence-corrected chi connectivity index (χ2v) is 4.31. The van der Waals surface area contributed by atoms with Crippen LogP contribution in [0.15, 0.2) is 29.2 Å². The summed E-state index contributed by atoms with van der Waals surface area (Å²) < 4.78 is 21.7. The van der Waals surface area contributed by atoms with E-state index in [1.807, 2.05) is 0 Å². The van der Waals surface area contributed by atoms with Crippen LogP contribution in [0.3, 0.4) is 0 Å². The van der Waals surface area contributed by atoms with Crippen molar-refractivity contribution in [3.8, 4) is 0 Å².